The topological polar surface area (TPSA) is 68.9 Å². The molecule has 2 rings (SSSR count). The van der Waals surface area contributed by atoms with Crippen LogP contribution in [0.3, 0.4) is 0 Å². The van der Waals surface area contributed by atoms with E-state index in [1.54, 1.807) is 24.3 Å². The first kappa shape index (κ1) is 10.6. The molecule has 0 bridgehead atoms. The Hall–Kier alpha value is -1.94. The molecule has 0 aliphatic carbocycles. The molecule has 0 saturated heterocycles. The molecule has 0 unspecified atom stereocenters. The van der Waals surface area contributed by atoms with Crippen molar-refractivity contribution in [2.24, 2.45) is 0 Å². The van der Waals surface area contributed by atoms with Crippen LogP contribution in [0.2, 0.25) is 5.02 Å². The van der Waals surface area contributed by atoms with E-state index in [2.05, 4.69) is 10.2 Å². The summed E-state index contributed by atoms with van der Waals surface area (Å²) in [5, 5.41) is 7.60. The smallest absolute Gasteiger partial charge is 0.198 e. The minimum atomic E-state index is -0.252. The van der Waals surface area contributed by atoms with Gasteiger partial charge in [0.15, 0.2) is 5.78 Å². The third-order valence-corrected chi connectivity index (χ3v) is 2.45. The Kier molecular flexibility index (Phi) is 2.83. The SMILES string of the molecule is Nc1cnncc1C(=O)c1ccccc1Cl. The maximum atomic E-state index is 12.1. The Bertz CT molecular complexity index is 495. The van der Waals surface area contributed by atoms with Gasteiger partial charge in [0.25, 0.3) is 0 Å². The molecule has 80 valence electrons. The maximum Gasteiger partial charge on any atom is 0.198 e. The first-order chi connectivity index (χ1) is 7.70. The second-order valence-corrected chi connectivity index (χ2v) is 3.57. The third-order valence-electron chi connectivity index (χ3n) is 2.12. The molecule has 16 heavy (non-hydrogen) atoms. The normalized spacial score (nSPS) is 10.1. The van der Waals surface area contributed by atoms with Crippen LogP contribution in [0.5, 0.6) is 0 Å². The van der Waals surface area contributed by atoms with Gasteiger partial charge in [0.05, 0.1) is 28.7 Å². The number of aromatic nitrogens is 2. The van der Waals surface area contributed by atoms with E-state index in [0.717, 1.165) is 0 Å². The molecule has 0 saturated carbocycles. The molecule has 1 heterocycles. The summed E-state index contributed by atoms with van der Waals surface area (Å²) in [6.45, 7) is 0. The summed E-state index contributed by atoms with van der Waals surface area (Å²) in [5.74, 6) is -0.252. The number of hydrogen-bond acceptors (Lipinski definition) is 4. The lowest BCUT2D eigenvalue weighted by Crippen LogP contribution is -2.07. The zero-order valence-electron chi connectivity index (χ0n) is 8.22. The summed E-state index contributed by atoms with van der Waals surface area (Å²) >= 11 is 5.92. The zero-order valence-corrected chi connectivity index (χ0v) is 8.98. The van der Waals surface area contributed by atoms with Crippen molar-refractivity contribution < 1.29 is 4.79 Å². The van der Waals surface area contributed by atoms with Crippen LogP contribution in [0.15, 0.2) is 36.7 Å². The van der Waals surface area contributed by atoms with Crippen LogP contribution in [0, 0.1) is 0 Å². The van der Waals surface area contributed by atoms with Gasteiger partial charge in [0.2, 0.25) is 0 Å². The lowest BCUT2D eigenvalue weighted by molar-refractivity contribution is 0.103. The average Bonchev–Trinajstić information content (AvgIpc) is 2.29. The first-order valence-corrected chi connectivity index (χ1v) is 4.93. The predicted molar refractivity (Wildman–Crippen MR) is 61.3 cm³/mol. The van der Waals surface area contributed by atoms with Gasteiger partial charge in [-0.1, -0.05) is 23.7 Å². The summed E-state index contributed by atoms with van der Waals surface area (Å²) in [5.41, 5.74) is 6.65. The lowest BCUT2D eigenvalue weighted by Gasteiger charge is -2.04. The van der Waals surface area contributed by atoms with Crippen molar-refractivity contribution in [1.29, 1.82) is 0 Å². The van der Waals surface area contributed by atoms with E-state index in [1.807, 2.05) is 0 Å². The molecule has 0 fully saturated rings. The number of anilines is 1. The van der Waals surface area contributed by atoms with Gasteiger partial charge in [-0.3, -0.25) is 4.79 Å². The van der Waals surface area contributed by atoms with Crippen LogP contribution in [0.25, 0.3) is 0 Å². The highest BCUT2D eigenvalue weighted by Gasteiger charge is 2.15. The van der Waals surface area contributed by atoms with Gasteiger partial charge >= 0.3 is 0 Å². The maximum absolute atomic E-state index is 12.1. The number of rotatable bonds is 2. The Balaban J connectivity index is 2.48. The minimum Gasteiger partial charge on any atom is -0.397 e. The van der Waals surface area contributed by atoms with E-state index in [9.17, 15) is 4.79 Å². The molecule has 2 aromatic rings. The summed E-state index contributed by atoms with van der Waals surface area (Å²) in [6.07, 6.45) is 2.67. The molecule has 0 amide bonds. The number of carbonyl (C=O) groups excluding carboxylic acids is 1. The van der Waals surface area contributed by atoms with E-state index < -0.39 is 0 Å². The van der Waals surface area contributed by atoms with Gasteiger partial charge < -0.3 is 5.73 Å². The number of hydrogen-bond donors (Lipinski definition) is 1. The zero-order chi connectivity index (χ0) is 11.5. The largest absolute Gasteiger partial charge is 0.397 e. The van der Waals surface area contributed by atoms with Gasteiger partial charge in [0.1, 0.15) is 0 Å². The van der Waals surface area contributed by atoms with Crippen molar-refractivity contribution >= 4 is 23.1 Å². The molecular weight excluding hydrogens is 226 g/mol. The Labute approximate surface area is 97.1 Å². The molecule has 0 aliphatic rings. The third kappa shape index (κ3) is 1.87. The van der Waals surface area contributed by atoms with Crippen LogP contribution in [-0.4, -0.2) is 16.0 Å². The van der Waals surface area contributed by atoms with E-state index in [0.29, 0.717) is 21.8 Å². The van der Waals surface area contributed by atoms with Crippen molar-refractivity contribution in [1.82, 2.24) is 10.2 Å². The van der Waals surface area contributed by atoms with Gasteiger partial charge in [-0.15, -0.1) is 0 Å². The predicted octanol–water partition coefficient (Wildman–Crippen LogP) is 1.94. The molecule has 0 atom stereocenters. The molecule has 5 heteroatoms. The van der Waals surface area contributed by atoms with Gasteiger partial charge in [-0.2, -0.15) is 10.2 Å². The fourth-order valence-corrected chi connectivity index (χ4v) is 1.53. The van der Waals surface area contributed by atoms with Crippen molar-refractivity contribution in [2.75, 3.05) is 5.73 Å². The number of ketones is 1. The molecule has 1 aromatic carbocycles. The molecule has 4 nitrogen and oxygen atoms in total. The average molecular weight is 234 g/mol. The van der Waals surface area contributed by atoms with E-state index in [4.69, 9.17) is 17.3 Å². The molecule has 1 aromatic heterocycles. The number of halogens is 1. The number of carbonyl (C=O) groups is 1. The van der Waals surface area contributed by atoms with Gasteiger partial charge in [0, 0.05) is 5.56 Å². The van der Waals surface area contributed by atoms with Crippen LogP contribution < -0.4 is 5.73 Å². The number of nitrogen functional groups attached to an aromatic ring is 1. The molecule has 2 N–H and O–H groups in total. The second-order valence-electron chi connectivity index (χ2n) is 3.17. The van der Waals surface area contributed by atoms with Crippen LogP contribution >= 0.6 is 11.6 Å². The number of nitrogens with two attached hydrogens (primary N) is 1. The molecule has 0 radical (unpaired) electrons. The standard InChI is InChI=1S/C11H8ClN3O/c12-9-4-2-1-3-7(9)11(16)8-5-14-15-6-10(8)13/h1-6H,(H2,13,14). The fraction of sp³-hybridized carbons (Fsp3) is 0. The van der Waals surface area contributed by atoms with Crippen molar-refractivity contribution in [3.05, 3.63) is 52.8 Å². The Morgan fingerprint density at radius 1 is 1.12 bits per heavy atom. The Morgan fingerprint density at radius 2 is 1.81 bits per heavy atom. The highest BCUT2D eigenvalue weighted by molar-refractivity contribution is 6.35. The number of benzene rings is 1. The number of nitrogens with zero attached hydrogens (tertiary/aromatic N) is 2. The van der Waals surface area contributed by atoms with Crippen molar-refractivity contribution in [3.63, 3.8) is 0 Å². The quantitative estimate of drug-likeness (QED) is 0.805. The van der Waals surface area contributed by atoms with Crippen LogP contribution in [0.4, 0.5) is 5.69 Å². The van der Waals surface area contributed by atoms with Crippen molar-refractivity contribution in [2.45, 2.75) is 0 Å². The highest BCUT2D eigenvalue weighted by Crippen LogP contribution is 2.20. The molecule has 0 aliphatic heterocycles. The van der Waals surface area contributed by atoms with E-state index in [1.165, 1.54) is 12.4 Å². The highest BCUT2D eigenvalue weighted by atomic mass is 35.5. The van der Waals surface area contributed by atoms with E-state index in [-0.39, 0.29) is 5.78 Å². The van der Waals surface area contributed by atoms with Crippen LogP contribution in [0.1, 0.15) is 15.9 Å². The van der Waals surface area contributed by atoms with Gasteiger partial charge in [-0.25, -0.2) is 0 Å². The minimum absolute atomic E-state index is 0.252. The van der Waals surface area contributed by atoms with E-state index >= 15 is 0 Å². The molecule has 0 spiro atoms. The lowest BCUT2D eigenvalue weighted by atomic mass is 10.0. The monoisotopic (exact) mass is 233 g/mol. The van der Waals surface area contributed by atoms with Crippen molar-refractivity contribution in [3.8, 4) is 0 Å². The summed E-state index contributed by atoms with van der Waals surface area (Å²) in [6, 6.07) is 6.79. The van der Waals surface area contributed by atoms with Gasteiger partial charge in [-0.05, 0) is 12.1 Å². The summed E-state index contributed by atoms with van der Waals surface area (Å²) < 4.78 is 0. The Morgan fingerprint density at radius 3 is 2.50 bits per heavy atom. The summed E-state index contributed by atoms with van der Waals surface area (Å²) in [4.78, 5) is 12.1. The van der Waals surface area contributed by atoms with Crippen LogP contribution in [-0.2, 0) is 0 Å². The summed E-state index contributed by atoms with van der Waals surface area (Å²) in [7, 11) is 0. The first-order valence-electron chi connectivity index (χ1n) is 4.55. The molecular formula is C11H8ClN3O. The second kappa shape index (κ2) is 4.28. The fourth-order valence-electron chi connectivity index (χ4n) is 1.31.